The molecule has 0 unspecified atom stereocenters. The van der Waals surface area contributed by atoms with Crippen molar-refractivity contribution >= 4 is 17.7 Å². The number of esters is 1. The van der Waals surface area contributed by atoms with Gasteiger partial charge in [0.05, 0.1) is 7.11 Å². The number of aryl methyl sites for hydroxylation is 1. The molecule has 9 nitrogen and oxygen atoms in total. The number of rotatable bonds is 7. The van der Waals surface area contributed by atoms with Gasteiger partial charge in [-0.3, -0.25) is 14.7 Å². The molecule has 2 aromatic heterocycles. The number of carbonyl (C=O) groups is 2. The van der Waals surface area contributed by atoms with Crippen molar-refractivity contribution in [2.24, 2.45) is 0 Å². The van der Waals surface area contributed by atoms with E-state index in [0.29, 0.717) is 0 Å². The second-order valence-electron chi connectivity index (χ2n) is 4.86. The Kier molecular flexibility index (Phi) is 5.93. The molecule has 0 saturated heterocycles. The van der Waals surface area contributed by atoms with Crippen LogP contribution >= 0.6 is 0 Å². The molecule has 2 heterocycles. The average Bonchev–Trinajstić information content (AvgIpc) is 3.00. The summed E-state index contributed by atoms with van der Waals surface area (Å²) in [6, 6.07) is 0.722. The van der Waals surface area contributed by atoms with Crippen LogP contribution in [-0.2, 0) is 20.7 Å². The van der Waals surface area contributed by atoms with Crippen molar-refractivity contribution in [3.63, 3.8) is 0 Å². The van der Waals surface area contributed by atoms with Gasteiger partial charge in [-0.1, -0.05) is 6.08 Å². The zero-order valence-corrected chi connectivity index (χ0v) is 13.2. The minimum absolute atomic E-state index is 0.0440. The molecule has 25 heavy (non-hydrogen) atoms. The Morgan fingerprint density at radius 1 is 1.44 bits per heavy atom. The number of ether oxygens (including phenoxy) is 1. The van der Waals surface area contributed by atoms with E-state index in [0.717, 1.165) is 10.6 Å². The molecule has 0 radical (unpaired) electrons. The molecule has 0 aliphatic heterocycles. The Morgan fingerprint density at radius 3 is 2.88 bits per heavy atom. The summed E-state index contributed by atoms with van der Waals surface area (Å²) in [6.07, 6.45) is -0.0677. The summed E-state index contributed by atoms with van der Waals surface area (Å²) in [6.45, 7) is 0.146. The molecule has 0 aliphatic rings. The molecular formula is C14H15F2N5O4. The van der Waals surface area contributed by atoms with Crippen molar-refractivity contribution in [1.82, 2.24) is 24.9 Å². The first-order chi connectivity index (χ1) is 11.9. The van der Waals surface area contributed by atoms with E-state index in [-0.39, 0.29) is 36.9 Å². The number of amides is 1. The lowest BCUT2D eigenvalue weighted by atomic mass is 10.3. The molecule has 0 aromatic carbocycles. The zero-order chi connectivity index (χ0) is 18.4. The number of nitrogens with one attached hydrogen (secondary N) is 2. The fourth-order valence-corrected chi connectivity index (χ4v) is 1.88. The van der Waals surface area contributed by atoms with Crippen LogP contribution in [-0.4, -0.2) is 45.1 Å². The fourth-order valence-electron chi connectivity index (χ4n) is 1.88. The third-order valence-corrected chi connectivity index (χ3v) is 3.08. The van der Waals surface area contributed by atoms with E-state index < -0.39 is 23.6 Å². The molecule has 0 atom stereocenters. The Labute approximate surface area is 139 Å². The van der Waals surface area contributed by atoms with Crippen LogP contribution in [0.15, 0.2) is 23.0 Å². The van der Waals surface area contributed by atoms with E-state index in [1.807, 2.05) is 0 Å². The number of hydrogen-bond donors (Lipinski definition) is 2. The molecule has 2 rings (SSSR count). The highest BCUT2D eigenvalue weighted by atomic mass is 19.3. The lowest BCUT2D eigenvalue weighted by Gasteiger charge is -2.00. The maximum Gasteiger partial charge on any atom is 0.330 e. The molecule has 134 valence electrons. The lowest BCUT2D eigenvalue weighted by molar-refractivity contribution is -0.134. The standard InChI is InChI=1S/C14H15F2N5O4/c1-25-12(24)3-2-6-17-10(22)5-4-9-19-14-18-8(13(15)16)7-11(23)21(14)20-9/h2-3,7,13H,4-6H2,1H3,(H,17,22)(H,18,19,20)/b3-2+. The second kappa shape index (κ2) is 8.13. The maximum absolute atomic E-state index is 12.6. The average molecular weight is 355 g/mol. The number of aromatic amines is 1. The van der Waals surface area contributed by atoms with E-state index in [9.17, 15) is 23.2 Å². The first-order valence-corrected chi connectivity index (χ1v) is 7.18. The van der Waals surface area contributed by atoms with E-state index >= 15 is 0 Å². The topological polar surface area (TPSA) is 118 Å². The number of nitrogens with zero attached hydrogens (tertiary/aromatic N) is 3. The van der Waals surface area contributed by atoms with E-state index in [2.05, 4.69) is 25.1 Å². The summed E-state index contributed by atoms with van der Waals surface area (Å²) in [5.41, 5.74) is -1.37. The van der Waals surface area contributed by atoms with Gasteiger partial charge >= 0.3 is 5.97 Å². The highest BCUT2D eigenvalue weighted by Gasteiger charge is 2.14. The first kappa shape index (κ1) is 18.2. The third-order valence-electron chi connectivity index (χ3n) is 3.08. The predicted octanol–water partition coefficient (Wildman–Crippen LogP) is 0.133. The van der Waals surface area contributed by atoms with Crippen LogP contribution in [0.3, 0.4) is 0 Å². The summed E-state index contributed by atoms with van der Waals surface area (Å²) in [5.74, 6) is -0.767. The molecule has 0 saturated carbocycles. The van der Waals surface area contributed by atoms with Crippen LogP contribution in [0.25, 0.3) is 5.78 Å². The van der Waals surface area contributed by atoms with Gasteiger partial charge in [0.25, 0.3) is 17.8 Å². The number of H-pyrrole nitrogens is 1. The van der Waals surface area contributed by atoms with Gasteiger partial charge in [0.15, 0.2) is 0 Å². The van der Waals surface area contributed by atoms with Gasteiger partial charge in [-0.05, 0) is 0 Å². The summed E-state index contributed by atoms with van der Waals surface area (Å²) >= 11 is 0. The first-order valence-electron chi connectivity index (χ1n) is 7.18. The molecular weight excluding hydrogens is 340 g/mol. The van der Waals surface area contributed by atoms with Crippen LogP contribution in [0.4, 0.5) is 8.78 Å². The quantitative estimate of drug-likeness (QED) is 0.538. The van der Waals surface area contributed by atoms with Crippen LogP contribution < -0.4 is 10.9 Å². The molecule has 0 spiro atoms. The molecule has 2 N–H and O–H groups in total. The number of alkyl halides is 2. The number of carbonyl (C=O) groups excluding carboxylic acids is 2. The van der Waals surface area contributed by atoms with E-state index in [1.54, 1.807) is 0 Å². The zero-order valence-electron chi connectivity index (χ0n) is 13.2. The summed E-state index contributed by atoms with van der Waals surface area (Å²) < 4.78 is 30.6. The maximum atomic E-state index is 12.6. The van der Waals surface area contributed by atoms with Gasteiger partial charge in [-0.2, -0.15) is 9.50 Å². The summed E-state index contributed by atoms with van der Waals surface area (Å²) in [7, 11) is 1.24. The molecule has 0 bridgehead atoms. The lowest BCUT2D eigenvalue weighted by Crippen LogP contribution is -2.23. The van der Waals surface area contributed by atoms with Crippen molar-refractivity contribution in [3.8, 4) is 0 Å². The smallest absolute Gasteiger partial charge is 0.330 e. The predicted molar refractivity (Wildman–Crippen MR) is 81.1 cm³/mol. The third kappa shape index (κ3) is 4.93. The SMILES string of the molecule is COC(=O)/C=C/CNC(=O)CCc1nc2nc(C(F)F)cc(=O)n2[nH]1. The van der Waals surface area contributed by atoms with E-state index in [1.165, 1.54) is 19.3 Å². The van der Waals surface area contributed by atoms with Crippen LogP contribution in [0, 0.1) is 0 Å². The molecule has 2 aromatic rings. The minimum Gasteiger partial charge on any atom is -0.466 e. The summed E-state index contributed by atoms with van der Waals surface area (Å²) in [5, 5.41) is 5.15. The van der Waals surface area contributed by atoms with Crippen molar-refractivity contribution in [3.05, 3.63) is 40.1 Å². The van der Waals surface area contributed by atoms with Gasteiger partial charge in [0, 0.05) is 31.5 Å². The van der Waals surface area contributed by atoms with Crippen molar-refractivity contribution in [1.29, 1.82) is 0 Å². The number of hydrogen-bond acceptors (Lipinski definition) is 6. The largest absolute Gasteiger partial charge is 0.466 e. The van der Waals surface area contributed by atoms with Crippen molar-refractivity contribution in [2.45, 2.75) is 19.3 Å². The monoisotopic (exact) mass is 355 g/mol. The highest BCUT2D eigenvalue weighted by Crippen LogP contribution is 2.14. The number of methoxy groups -OCH3 is 1. The van der Waals surface area contributed by atoms with E-state index in [4.69, 9.17) is 0 Å². The number of halogens is 2. The Hall–Kier alpha value is -3.11. The number of aromatic nitrogens is 4. The Balaban J connectivity index is 1.93. The number of fused-ring (bicyclic) bond motifs is 1. The second-order valence-corrected chi connectivity index (χ2v) is 4.86. The van der Waals surface area contributed by atoms with Crippen molar-refractivity contribution in [2.75, 3.05) is 13.7 Å². The van der Waals surface area contributed by atoms with Gasteiger partial charge in [-0.25, -0.2) is 18.6 Å². The van der Waals surface area contributed by atoms with Crippen molar-refractivity contribution < 1.29 is 23.1 Å². The van der Waals surface area contributed by atoms with Crippen LogP contribution in [0.1, 0.15) is 24.4 Å². The molecule has 0 fully saturated rings. The van der Waals surface area contributed by atoms with Gasteiger partial charge in [-0.15, -0.1) is 0 Å². The minimum atomic E-state index is -2.87. The van der Waals surface area contributed by atoms with Gasteiger partial charge < -0.3 is 10.1 Å². The Bertz CT molecular complexity index is 859. The van der Waals surface area contributed by atoms with Crippen LogP contribution in [0.2, 0.25) is 0 Å². The van der Waals surface area contributed by atoms with Gasteiger partial charge in [0.2, 0.25) is 5.91 Å². The normalized spacial score (nSPS) is 11.4. The fraction of sp³-hybridized carbons (Fsp3) is 0.357. The van der Waals surface area contributed by atoms with Crippen LogP contribution in [0.5, 0.6) is 0 Å². The highest BCUT2D eigenvalue weighted by molar-refractivity contribution is 5.82. The molecule has 1 amide bonds. The summed E-state index contributed by atoms with van der Waals surface area (Å²) in [4.78, 5) is 41.7. The van der Waals surface area contributed by atoms with Gasteiger partial charge in [0.1, 0.15) is 11.5 Å². The molecule has 11 heteroatoms. The Morgan fingerprint density at radius 2 is 2.20 bits per heavy atom. The molecule has 0 aliphatic carbocycles.